The molecule has 2 aromatic rings. The molecule has 0 saturated carbocycles. The predicted octanol–water partition coefficient (Wildman–Crippen LogP) is 3.78. The van der Waals surface area contributed by atoms with Crippen LogP contribution in [0.5, 0.6) is 0 Å². The third-order valence-electron chi connectivity index (χ3n) is 2.06. The number of hydrogen-bond donors (Lipinski definition) is 1. The van der Waals surface area contributed by atoms with Crippen LogP contribution in [0.25, 0.3) is 0 Å². The van der Waals surface area contributed by atoms with E-state index in [4.69, 9.17) is 16.0 Å². The van der Waals surface area contributed by atoms with E-state index in [9.17, 15) is 5.11 Å². The van der Waals surface area contributed by atoms with Crippen LogP contribution in [0.2, 0.25) is 5.02 Å². The van der Waals surface area contributed by atoms with Gasteiger partial charge in [0, 0.05) is 5.02 Å². The molecule has 0 radical (unpaired) electrons. The maximum Gasteiger partial charge on any atom is 0.150 e. The summed E-state index contributed by atoms with van der Waals surface area (Å²) in [5.41, 5.74) is 0.707. The number of aliphatic hydroxyl groups excluding tert-OH is 1. The van der Waals surface area contributed by atoms with Crippen molar-refractivity contribution in [3.05, 3.63) is 57.4 Å². The van der Waals surface area contributed by atoms with Crippen LogP contribution < -0.4 is 0 Å². The third-order valence-corrected chi connectivity index (χ3v) is 2.95. The van der Waals surface area contributed by atoms with Gasteiger partial charge in [0.05, 0.1) is 10.7 Å². The van der Waals surface area contributed by atoms with E-state index in [0.717, 1.165) is 4.47 Å². The number of aliphatic hydroxyl groups is 1. The van der Waals surface area contributed by atoms with E-state index in [0.29, 0.717) is 16.3 Å². The highest BCUT2D eigenvalue weighted by atomic mass is 79.9. The zero-order valence-electron chi connectivity index (χ0n) is 7.65. The van der Waals surface area contributed by atoms with E-state index in [2.05, 4.69) is 15.9 Å². The Labute approximate surface area is 101 Å². The normalized spacial score (nSPS) is 12.7. The largest absolute Gasteiger partial charge is 0.465 e. The van der Waals surface area contributed by atoms with Crippen molar-refractivity contribution in [1.29, 1.82) is 0 Å². The molecule has 0 aliphatic heterocycles. The van der Waals surface area contributed by atoms with Gasteiger partial charge in [0.15, 0.2) is 5.76 Å². The lowest BCUT2D eigenvalue weighted by Gasteiger charge is -2.08. The molecule has 4 heteroatoms. The molecule has 0 spiro atoms. The van der Waals surface area contributed by atoms with Gasteiger partial charge in [-0.2, -0.15) is 0 Å². The van der Waals surface area contributed by atoms with Gasteiger partial charge in [0.25, 0.3) is 0 Å². The molecular formula is C11H8BrClO2. The Morgan fingerprint density at radius 1 is 1.33 bits per heavy atom. The zero-order chi connectivity index (χ0) is 10.8. The first-order valence-electron chi connectivity index (χ1n) is 4.35. The number of benzene rings is 1. The fourth-order valence-corrected chi connectivity index (χ4v) is 1.95. The van der Waals surface area contributed by atoms with Crippen LogP contribution in [-0.4, -0.2) is 5.11 Å². The molecule has 0 fully saturated rings. The van der Waals surface area contributed by atoms with Gasteiger partial charge in [-0.05, 0) is 39.7 Å². The molecule has 15 heavy (non-hydrogen) atoms. The minimum Gasteiger partial charge on any atom is -0.465 e. The highest BCUT2D eigenvalue weighted by Crippen LogP contribution is 2.30. The van der Waals surface area contributed by atoms with E-state index in [-0.39, 0.29) is 0 Å². The first-order chi connectivity index (χ1) is 7.18. The van der Waals surface area contributed by atoms with Crippen molar-refractivity contribution in [3.63, 3.8) is 0 Å². The van der Waals surface area contributed by atoms with Gasteiger partial charge in [0.2, 0.25) is 0 Å². The van der Waals surface area contributed by atoms with E-state index >= 15 is 0 Å². The molecule has 1 aromatic heterocycles. The average molecular weight is 288 g/mol. The second-order valence-corrected chi connectivity index (χ2v) is 4.38. The Morgan fingerprint density at radius 2 is 2.13 bits per heavy atom. The number of hydrogen-bond acceptors (Lipinski definition) is 2. The van der Waals surface area contributed by atoms with Crippen molar-refractivity contribution < 1.29 is 9.52 Å². The standard InChI is InChI=1S/C11H8BrClO2/c12-9-4-5-15-11(9)10(14)7-2-1-3-8(13)6-7/h1-6,10,14H. The van der Waals surface area contributed by atoms with Crippen molar-refractivity contribution in [1.82, 2.24) is 0 Å². The maximum absolute atomic E-state index is 10.0. The Hall–Kier alpha value is -0.770. The summed E-state index contributed by atoms with van der Waals surface area (Å²) in [6.45, 7) is 0. The van der Waals surface area contributed by atoms with Crippen LogP contribution in [0.4, 0.5) is 0 Å². The highest BCUT2D eigenvalue weighted by Gasteiger charge is 2.16. The predicted molar refractivity (Wildman–Crippen MR) is 61.9 cm³/mol. The smallest absolute Gasteiger partial charge is 0.150 e. The van der Waals surface area contributed by atoms with Crippen LogP contribution >= 0.6 is 27.5 Å². The van der Waals surface area contributed by atoms with Crippen LogP contribution in [0, 0.1) is 0 Å². The van der Waals surface area contributed by atoms with Gasteiger partial charge >= 0.3 is 0 Å². The SMILES string of the molecule is OC(c1cccc(Cl)c1)c1occc1Br. The molecule has 1 aromatic carbocycles. The first-order valence-corrected chi connectivity index (χ1v) is 5.52. The molecule has 1 N–H and O–H groups in total. The lowest BCUT2D eigenvalue weighted by Crippen LogP contribution is -1.98. The second kappa shape index (κ2) is 4.39. The molecule has 0 amide bonds. The maximum atomic E-state index is 10.0. The topological polar surface area (TPSA) is 33.4 Å². The minimum absolute atomic E-state index is 0.484. The van der Waals surface area contributed by atoms with E-state index in [1.807, 2.05) is 0 Å². The molecule has 2 rings (SSSR count). The molecule has 0 aliphatic carbocycles. The van der Waals surface area contributed by atoms with Crippen molar-refractivity contribution in [3.8, 4) is 0 Å². The van der Waals surface area contributed by atoms with Crippen LogP contribution in [0.3, 0.4) is 0 Å². The molecule has 1 unspecified atom stereocenters. The average Bonchev–Trinajstić information content (AvgIpc) is 2.63. The summed E-state index contributed by atoms with van der Waals surface area (Å²) in [5, 5.41) is 10.6. The van der Waals surface area contributed by atoms with Gasteiger partial charge in [0.1, 0.15) is 6.10 Å². The molecule has 2 nitrogen and oxygen atoms in total. The fourth-order valence-electron chi connectivity index (χ4n) is 1.33. The molecule has 1 atom stereocenters. The Kier molecular flexibility index (Phi) is 3.14. The number of halogens is 2. The molecule has 0 aliphatic rings. The Bertz CT molecular complexity index is 467. The summed E-state index contributed by atoms with van der Waals surface area (Å²) >= 11 is 9.13. The van der Waals surface area contributed by atoms with Crippen molar-refractivity contribution in [2.24, 2.45) is 0 Å². The summed E-state index contributed by atoms with van der Waals surface area (Å²) in [5.74, 6) is 0.484. The summed E-state index contributed by atoms with van der Waals surface area (Å²) < 4.78 is 5.93. The monoisotopic (exact) mass is 286 g/mol. The van der Waals surface area contributed by atoms with Crippen LogP contribution in [-0.2, 0) is 0 Å². The van der Waals surface area contributed by atoms with Gasteiger partial charge in [-0.1, -0.05) is 23.7 Å². The van der Waals surface area contributed by atoms with Crippen molar-refractivity contribution in [2.45, 2.75) is 6.10 Å². The van der Waals surface area contributed by atoms with Gasteiger partial charge < -0.3 is 9.52 Å². The van der Waals surface area contributed by atoms with E-state index in [1.165, 1.54) is 6.26 Å². The van der Waals surface area contributed by atoms with Gasteiger partial charge in [-0.15, -0.1) is 0 Å². The molecule has 78 valence electrons. The number of rotatable bonds is 2. The summed E-state index contributed by atoms with van der Waals surface area (Å²) in [4.78, 5) is 0. The van der Waals surface area contributed by atoms with Crippen LogP contribution in [0.15, 0.2) is 45.5 Å². The van der Waals surface area contributed by atoms with Gasteiger partial charge in [-0.3, -0.25) is 0 Å². The molecule has 0 bridgehead atoms. The quantitative estimate of drug-likeness (QED) is 0.912. The molecule has 1 heterocycles. The minimum atomic E-state index is -0.798. The zero-order valence-corrected chi connectivity index (χ0v) is 9.99. The van der Waals surface area contributed by atoms with E-state index in [1.54, 1.807) is 30.3 Å². The Balaban J connectivity index is 2.36. The van der Waals surface area contributed by atoms with Crippen molar-refractivity contribution in [2.75, 3.05) is 0 Å². The second-order valence-electron chi connectivity index (χ2n) is 3.09. The van der Waals surface area contributed by atoms with E-state index < -0.39 is 6.10 Å². The van der Waals surface area contributed by atoms with Gasteiger partial charge in [-0.25, -0.2) is 0 Å². The third kappa shape index (κ3) is 2.25. The first kappa shape index (κ1) is 10.7. The fraction of sp³-hybridized carbons (Fsp3) is 0.0909. The lowest BCUT2D eigenvalue weighted by molar-refractivity contribution is 0.188. The van der Waals surface area contributed by atoms with Crippen LogP contribution in [0.1, 0.15) is 17.4 Å². The summed E-state index contributed by atoms with van der Waals surface area (Å²) in [6, 6.07) is 8.79. The number of furan rings is 1. The van der Waals surface area contributed by atoms with Crippen molar-refractivity contribution >= 4 is 27.5 Å². The molecular weight excluding hydrogens is 279 g/mol. The lowest BCUT2D eigenvalue weighted by atomic mass is 10.1. The summed E-state index contributed by atoms with van der Waals surface area (Å²) in [6.07, 6.45) is 0.723. The Morgan fingerprint density at radius 3 is 2.73 bits per heavy atom. The summed E-state index contributed by atoms with van der Waals surface area (Å²) in [7, 11) is 0. The highest BCUT2D eigenvalue weighted by molar-refractivity contribution is 9.10. The molecule has 0 saturated heterocycles.